The molecular formula is C14H20FIN4O. The Morgan fingerprint density at radius 1 is 1.29 bits per heavy atom. The molecule has 1 saturated carbocycles. The molecule has 0 atom stereocenters. The molecule has 0 saturated heterocycles. The average Bonchev–Trinajstić information content (AvgIpc) is 3.26. The zero-order chi connectivity index (χ0) is 14.4. The minimum Gasteiger partial charge on any atom is -0.355 e. The van der Waals surface area contributed by atoms with Crippen LogP contribution >= 0.6 is 24.0 Å². The highest BCUT2D eigenvalue weighted by molar-refractivity contribution is 14.0. The van der Waals surface area contributed by atoms with Crippen molar-refractivity contribution in [1.82, 2.24) is 16.0 Å². The fourth-order valence-electron chi connectivity index (χ4n) is 1.71. The Kier molecular flexibility index (Phi) is 7.41. The van der Waals surface area contributed by atoms with Crippen LogP contribution in [0.15, 0.2) is 29.3 Å². The molecule has 0 unspecified atom stereocenters. The van der Waals surface area contributed by atoms with Gasteiger partial charge in [0.1, 0.15) is 5.82 Å². The Labute approximate surface area is 140 Å². The van der Waals surface area contributed by atoms with Gasteiger partial charge >= 0.3 is 0 Å². The van der Waals surface area contributed by atoms with Gasteiger partial charge in [0.15, 0.2) is 5.96 Å². The van der Waals surface area contributed by atoms with Crippen LogP contribution in [-0.2, 0) is 0 Å². The van der Waals surface area contributed by atoms with E-state index >= 15 is 0 Å². The standard InChI is InChI=1S/C14H19FN4O.HI/c1-16-14(19-10-6-7-10)18-9-8-17-13(20)11-4-2-3-5-12(11)15;/h2-5,10H,6-9H2,1H3,(H,17,20)(H2,16,18,19);1H. The van der Waals surface area contributed by atoms with Gasteiger partial charge in [0.2, 0.25) is 0 Å². The predicted octanol–water partition coefficient (Wildman–Crippen LogP) is 1.50. The maximum absolute atomic E-state index is 13.4. The van der Waals surface area contributed by atoms with E-state index < -0.39 is 11.7 Å². The highest BCUT2D eigenvalue weighted by Gasteiger charge is 2.21. The minimum absolute atomic E-state index is 0. The Hall–Kier alpha value is -1.38. The molecule has 0 heterocycles. The average molecular weight is 406 g/mol. The maximum atomic E-state index is 13.4. The molecule has 0 spiro atoms. The fraction of sp³-hybridized carbons (Fsp3) is 0.429. The molecule has 1 aromatic rings. The maximum Gasteiger partial charge on any atom is 0.254 e. The topological polar surface area (TPSA) is 65.5 Å². The molecule has 1 aromatic carbocycles. The number of halogens is 2. The molecule has 3 N–H and O–H groups in total. The normalized spacial score (nSPS) is 14.1. The van der Waals surface area contributed by atoms with E-state index in [0.29, 0.717) is 19.1 Å². The first-order valence-electron chi connectivity index (χ1n) is 6.70. The summed E-state index contributed by atoms with van der Waals surface area (Å²) >= 11 is 0. The van der Waals surface area contributed by atoms with Gasteiger partial charge in [0.05, 0.1) is 5.56 Å². The summed E-state index contributed by atoms with van der Waals surface area (Å²) in [6.07, 6.45) is 2.34. The number of rotatable bonds is 5. The Morgan fingerprint density at radius 2 is 1.95 bits per heavy atom. The number of benzene rings is 1. The van der Waals surface area contributed by atoms with Crippen molar-refractivity contribution < 1.29 is 9.18 Å². The zero-order valence-corrected chi connectivity index (χ0v) is 14.2. The third kappa shape index (κ3) is 5.86. The second-order valence-electron chi connectivity index (χ2n) is 4.65. The second-order valence-corrected chi connectivity index (χ2v) is 4.65. The molecule has 116 valence electrons. The number of aliphatic imine (C=N–C) groups is 1. The van der Waals surface area contributed by atoms with E-state index in [9.17, 15) is 9.18 Å². The van der Waals surface area contributed by atoms with Crippen molar-refractivity contribution in [2.45, 2.75) is 18.9 Å². The van der Waals surface area contributed by atoms with Crippen LogP contribution in [-0.4, -0.2) is 38.0 Å². The van der Waals surface area contributed by atoms with Gasteiger partial charge < -0.3 is 16.0 Å². The fourth-order valence-corrected chi connectivity index (χ4v) is 1.71. The molecule has 0 radical (unpaired) electrons. The van der Waals surface area contributed by atoms with E-state index in [1.54, 1.807) is 19.2 Å². The molecule has 1 aliphatic carbocycles. The number of hydrogen-bond acceptors (Lipinski definition) is 2. The van der Waals surface area contributed by atoms with Crippen LogP contribution in [0, 0.1) is 5.82 Å². The van der Waals surface area contributed by atoms with E-state index in [-0.39, 0.29) is 29.5 Å². The molecule has 5 nitrogen and oxygen atoms in total. The molecule has 21 heavy (non-hydrogen) atoms. The quantitative estimate of drug-likeness (QED) is 0.301. The molecule has 1 fully saturated rings. The molecule has 0 bridgehead atoms. The summed E-state index contributed by atoms with van der Waals surface area (Å²) in [5.41, 5.74) is 0.0630. The Morgan fingerprint density at radius 3 is 2.57 bits per heavy atom. The summed E-state index contributed by atoms with van der Waals surface area (Å²) in [7, 11) is 1.70. The van der Waals surface area contributed by atoms with Gasteiger partial charge in [0.25, 0.3) is 5.91 Å². The lowest BCUT2D eigenvalue weighted by molar-refractivity contribution is 0.0950. The lowest BCUT2D eigenvalue weighted by Crippen LogP contribution is -2.42. The summed E-state index contributed by atoms with van der Waals surface area (Å²) < 4.78 is 13.4. The number of hydrogen-bond donors (Lipinski definition) is 3. The summed E-state index contributed by atoms with van der Waals surface area (Å²) in [6, 6.07) is 6.45. The molecule has 1 amide bonds. The van der Waals surface area contributed by atoms with Crippen molar-refractivity contribution in [3.63, 3.8) is 0 Å². The van der Waals surface area contributed by atoms with Gasteiger partial charge in [-0.1, -0.05) is 12.1 Å². The number of carbonyl (C=O) groups is 1. The van der Waals surface area contributed by atoms with Crippen molar-refractivity contribution in [3.05, 3.63) is 35.6 Å². The predicted molar refractivity (Wildman–Crippen MR) is 91.7 cm³/mol. The summed E-state index contributed by atoms with van der Waals surface area (Å²) in [5, 5.41) is 8.99. The van der Waals surface area contributed by atoms with Gasteiger partial charge in [-0.2, -0.15) is 0 Å². The van der Waals surface area contributed by atoms with Gasteiger partial charge in [-0.3, -0.25) is 9.79 Å². The van der Waals surface area contributed by atoms with Crippen LogP contribution in [0.25, 0.3) is 0 Å². The van der Waals surface area contributed by atoms with Crippen molar-refractivity contribution >= 4 is 35.8 Å². The SMILES string of the molecule is CN=C(NCCNC(=O)c1ccccc1F)NC1CC1.I. The Bertz CT molecular complexity index is 506. The smallest absolute Gasteiger partial charge is 0.254 e. The molecule has 7 heteroatoms. The van der Waals surface area contributed by atoms with Gasteiger partial charge in [-0.05, 0) is 25.0 Å². The first-order chi connectivity index (χ1) is 9.70. The molecule has 2 rings (SSSR count). The van der Waals surface area contributed by atoms with Gasteiger partial charge in [-0.25, -0.2) is 4.39 Å². The summed E-state index contributed by atoms with van der Waals surface area (Å²) in [5.74, 6) is -0.188. The number of guanidine groups is 1. The van der Waals surface area contributed by atoms with E-state index in [1.807, 2.05) is 0 Å². The van der Waals surface area contributed by atoms with Crippen molar-refractivity contribution in [2.24, 2.45) is 4.99 Å². The minimum atomic E-state index is -0.510. The first kappa shape index (κ1) is 17.7. The lowest BCUT2D eigenvalue weighted by Gasteiger charge is -2.11. The van der Waals surface area contributed by atoms with E-state index in [2.05, 4.69) is 20.9 Å². The number of nitrogens with one attached hydrogen (secondary N) is 3. The first-order valence-corrected chi connectivity index (χ1v) is 6.70. The number of amides is 1. The highest BCUT2D eigenvalue weighted by Crippen LogP contribution is 2.18. The van der Waals surface area contributed by atoms with E-state index in [4.69, 9.17) is 0 Å². The van der Waals surface area contributed by atoms with Crippen LogP contribution in [0.5, 0.6) is 0 Å². The van der Waals surface area contributed by atoms with Crippen molar-refractivity contribution in [3.8, 4) is 0 Å². The largest absolute Gasteiger partial charge is 0.355 e. The van der Waals surface area contributed by atoms with Gasteiger partial charge in [0, 0.05) is 26.2 Å². The monoisotopic (exact) mass is 406 g/mol. The van der Waals surface area contributed by atoms with Crippen LogP contribution in [0.2, 0.25) is 0 Å². The molecule has 0 aromatic heterocycles. The summed E-state index contributed by atoms with van der Waals surface area (Å²) in [6.45, 7) is 0.936. The van der Waals surface area contributed by atoms with E-state index in [1.165, 1.54) is 25.0 Å². The van der Waals surface area contributed by atoms with Crippen LogP contribution in [0.1, 0.15) is 23.2 Å². The third-order valence-electron chi connectivity index (χ3n) is 2.96. The van der Waals surface area contributed by atoms with Crippen LogP contribution in [0.4, 0.5) is 4.39 Å². The van der Waals surface area contributed by atoms with Crippen LogP contribution < -0.4 is 16.0 Å². The highest BCUT2D eigenvalue weighted by atomic mass is 127. The summed E-state index contributed by atoms with van der Waals surface area (Å²) in [4.78, 5) is 15.8. The Balaban J connectivity index is 0.00000220. The molecular weight excluding hydrogens is 386 g/mol. The number of nitrogens with zero attached hydrogens (tertiary/aromatic N) is 1. The second kappa shape index (κ2) is 8.81. The number of carbonyl (C=O) groups excluding carboxylic acids is 1. The third-order valence-corrected chi connectivity index (χ3v) is 2.96. The van der Waals surface area contributed by atoms with Crippen molar-refractivity contribution in [2.75, 3.05) is 20.1 Å². The van der Waals surface area contributed by atoms with E-state index in [0.717, 1.165) is 5.96 Å². The van der Waals surface area contributed by atoms with Crippen molar-refractivity contribution in [1.29, 1.82) is 0 Å². The molecule has 1 aliphatic rings. The zero-order valence-electron chi connectivity index (χ0n) is 11.9. The lowest BCUT2D eigenvalue weighted by atomic mass is 10.2. The van der Waals surface area contributed by atoms with Gasteiger partial charge in [-0.15, -0.1) is 24.0 Å². The molecule has 0 aliphatic heterocycles. The van der Waals surface area contributed by atoms with Crippen LogP contribution in [0.3, 0.4) is 0 Å².